The van der Waals surface area contributed by atoms with Gasteiger partial charge in [-0.3, -0.25) is 0 Å². The van der Waals surface area contributed by atoms with Crippen LogP contribution in [0.1, 0.15) is 65.5 Å². The van der Waals surface area contributed by atoms with Crippen LogP contribution in [0.15, 0.2) is 10.7 Å². The van der Waals surface area contributed by atoms with E-state index in [1.807, 2.05) is 0 Å². The number of hydrogen-bond acceptors (Lipinski definition) is 4. The van der Waals surface area contributed by atoms with Crippen LogP contribution in [0.5, 0.6) is 0 Å². The molecule has 21 heavy (non-hydrogen) atoms. The molecule has 2 rings (SSSR count). The van der Waals surface area contributed by atoms with Gasteiger partial charge < -0.3 is 14.6 Å². The Morgan fingerprint density at radius 3 is 2.86 bits per heavy atom. The first-order valence-corrected chi connectivity index (χ1v) is 8.42. The number of nitrogens with one attached hydrogen (secondary N) is 1. The van der Waals surface area contributed by atoms with Crippen molar-refractivity contribution in [2.24, 2.45) is 5.92 Å². The summed E-state index contributed by atoms with van der Waals surface area (Å²) in [5.41, 5.74) is 1.10. The molecule has 1 aromatic rings. The summed E-state index contributed by atoms with van der Waals surface area (Å²) >= 11 is 0. The molecular formula is C17H31N3O. The van der Waals surface area contributed by atoms with Gasteiger partial charge in [0.25, 0.3) is 6.01 Å². The third-order valence-electron chi connectivity index (χ3n) is 4.15. The summed E-state index contributed by atoms with van der Waals surface area (Å²) < 4.78 is 5.69. The summed E-state index contributed by atoms with van der Waals surface area (Å²) in [5, 5.41) is 3.45. The summed E-state index contributed by atoms with van der Waals surface area (Å²) in [6.45, 7) is 11.7. The molecule has 0 saturated carbocycles. The maximum atomic E-state index is 5.69. The van der Waals surface area contributed by atoms with Crippen molar-refractivity contribution >= 4 is 6.01 Å². The van der Waals surface area contributed by atoms with Gasteiger partial charge in [0.2, 0.25) is 0 Å². The zero-order valence-corrected chi connectivity index (χ0v) is 14.1. The quantitative estimate of drug-likeness (QED) is 0.892. The Morgan fingerprint density at radius 2 is 2.14 bits per heavy atom. The molecule has 1 unspecified atom stereocenters. The van der Waals surface area contributed by atoms with Gasteiger partial charge in [0.05, 0.1) is 5.69 Å². The Labute approximate surface area is 129 Å². The molecule has 0 amide bonds. The standard InChI is InChI=1S/C17H31N3O/c1-5-7-14-8-6-10-20(11-9-14)16-19-15(13-21-16)12-18-17(2,3)4/h13-14,18H,5-12H2,1-4H3. The van der Waals surface area contributed by atoms with Crippen LogP contribution in [0.4, 0.5) is 6.01 Å². The van der Waals surface area contributed by atoms with E-state index < -0.39 is 0 Å². The smallest absolute Gasteiger partial charge is 0.297 e. The second-order valence-corrected chi connectivity index (χ2v) is 7.30. The van der Waals surface area contributed by atoms with Crippen molar-refractivity contribution in [2.75, 3.05) is 18.0 Å². The minimum absolute atomic E-state index is 0.106. The average molecular weight is 293 g/mol. The molecule has 0 aromatic carbocycles. The maximum Gasteiger partial charge on any atom is 0.297 e. The van der Waals surface area contributed by atoms with E-state index in [1.54, 1.807) is 6.26 Å². The molecule has 4 heteroatoms. The van der Waals surface area contributed by atoms with Gasteiger partial charge in [-0.05, 0) is 46.0 Å². The second kappa shape index (κ2) is 7.30. The highest BCUT2D eigenvalue weighted by Gasteiger charge is 2.20. The van der Waals surface area contributed by atoms with Crippen molar-refractivity contribution in [3.63, 3.8) is 0 Å². The van der Waals surface area contributed by atoms with Crippen LogP contribution >= 0.6 is 0 Å². The third-order valence-corrected chi connectivity index (χ3v) is 4.15. The molecule has 1 atom stereocenters. The van der Waals surface area contributed by atoms with E-state index in [2.05, 4.69) is 42.9 Å². The molecule has 0 radical (unpaired) electrons. The van der Waals surface area contributed by atoms with E-state index in [0.717, 1.165) is 37.3 Å². The predicted molar refractivity (Wildman–Crippen MR) is 87.6 cm³/mol. The van der Waals surface area contributed by atoms with Gasteiger partial charge >= 0.3 is 0 Å². The van der Waals surface area contributed by atoms with Crippen molar-refractivity contribution < 1.29 is 4.42 Å². The lowest BCUT2D eigenvalue weighted by Gasteiger charge is -2.19. The molecule has 1 N–H and O–H groups in total. The molecule has 1 saturated heterocycles. The lowest BCUT2D eigenvalue weighted by molar-refractivity contribution is 0.421. The Kier molecular flexibility index (Phi) is 5.68. The van der Waals surface area contributed by atoms with Gasteiger partial charge in [0.15, 0.2) is 0 Å². The van der Waals surface area contributed by atoms with Crippen LogP contribution in [0.3, 0.4) is 0 Å². The zero-order valence-electron chi connectivity index (χ0n) is 14.1. The molecule has 1 fully saturated rings. The first-order valence-electron chi connectivity index (χ1n) is 8.42. The summed E-state index contributed by atoms with van der Waals surface area (Å²) in [4.78, 5) is 6.96. The lowest BCUT2D eigenvalue weighted by atomic mass is 9.96. The second-order valence-electron chi connectivity index (χ2n) is 7.30. The van der Waals surface area contributed by atoms with E-state index in [1.165, 1.54) is 32.1 Å². The highest BCUT2D eigenvalue weighted by atomic mass is 16.4. The molecule has 120 valence electrons. The minimum atomic E-state index is 0.106. The van der Waals surface area contributed by atoms with Crippen molar-refractivity contribution in [3.8, 4) is 0 Å². The van der Waals surface area contributed by atoms with Gasteiger partial charge in [0.1, 0.15) is 6.26 Å². The topological polar surface area (TPSA) is 41.3 Å². The molecule has 0 aliphatic carbocycles. The van der Waals surface area contributed by atoms with Crippen LogP contribution in [-0.2, 0) is 6.54 Å². The van der Waals surface area contributed by atoms with Crippen molar-refractivity contribution in [3.05, 3.63) is 12.0 Å². The minimum Gasteiger partial charge on any atom is -0.432 e. The first-order chi connectivity index (χ1) is 9.98. The van der Waals surface area contributed by atoms with Crippen LogP contribution in [0, 0.1) is 5.92 Å². The van der Waals surface area contributed by atoms with Gasteiger partial charge in [-0.1, -0.05) is 19.8 Å². The van der Waals surface area contributed by atoms with E-state index in [4.69, 9.17) is 4.42 Å². The van der Waals surface area contributed by atoms with E-state index >= 15 is 0 Å². The summed E-state index contributed by atoms with van der Waals surface area (Å²) in [5.74, 6) is 0.886. The lowest BCUT2D eigenvalue weighted by Crippen LogP contribution is -2.35. The normalized spacial score (nSPS) is 20.6. The van der Waals surface area contributed by atoms with Gasteiger partial charge in [-0.25, -0.2) is 0 Å². The van der Waals surface area contributed by atoms with Crippen LogP contribution in [0.25, 0.3) is 0 Å². The highest BCUT2D eigenvalue weighted by Crippen LogP contribution is 2.25. The van der Waals surface area contributed by atoms with Crippen LogP contribution < -0.4 is 10.2 Å². The fourth-order valence-corrected chi connectivity index (χ4v) is 2.93. The number of hydrogen-bond donors (Lipinski definition) is 1. The molecule has 1 aromatic heterocycles. The largest absolute Gasteiger partial charge is 0.432 e. The SMILES string of the molecule is CCCC1CCCN(c2nc(CNC(C)(C)C)co2)CC1. The van der Waals surface area contributed by atoms with Crippen molar-refractivity contribution in [1.82, 2.24) is 10.3 Å². The third kappa shape index (κ3) is 5.34. The Balaban J connectivity index is 1.88. The number of rotatable bonds is 5. The molecule has 0 spiro atoms. The number of nitrogens with zero attached hydrogens (tertiary/aromatic N) is 2. The van der Waals surface area contributed by atoms with E-state index in [0.29, 0.717) is 0 Å². The first kappa shape index (κ1) is 16.3. The van der Waals surface area contributed by atoms with Crippen molar-refractivity contribution in [2.45, 2.75) is 71.9 Å². The molecule has 1 aliphatic heterocycles. The molecule has 2 heterocycles. The summed E-state index contributed by atoms with van der Waals surface area (Å²) in [6, 6.07) is 0.804. The molecule has 1 aliphatic rings. The van der Waals surface area contributed by atoms with Crippen LogP contribution in [-0.4, -0.2) is 23.6 Å². The average Bonchev–Trinajstić information content (AvgIpc) is 2.76. The predicted octanol–water partition coefficient (Wildman–Crippen LogP) is 3.97. The Bertz CT molecular complexity index is 422. The molecule has 0 bridgehead atoms. The number of aromatic nitrogens is 1. The Morgan fingerprint density at radius 1 is 1.33 bits per heavy atom. The zero-order chi connectivity index (χ0) is 15.3. The summed E-state index contributed by atoms with van der Waals surface area (Å²) in [6.07, 6.45) is 8.33. The van der Waals surface area contributed by atoms with Crippen molar-refractivity contribution in [1.29, 1.82) is 0 Å². The van der Waals surface area contributed by atoms with E-state index in [9.17, 15) is 0 Å². The highest BCUT2D eigenvalue weighted by molar-refractivity contribution is 5.27. The Hall–Kier alpha value is -1.03. The van der Waals surface area contributed by atoms with Gasteiger partial charge in [-0.15, -0.1) is 0 Å². The fourth-order valence-electron chi connectivity index (χ4n) is 2.93. The van der Waals surface area contributed by atoms with Crippen LogP contribution in [0.2, 0.25) is 0 Å². The van der Waals surface area contributed by atoms with Gasteiger partial charge in [-0.2, -0.15) is 4.98 Å². The monoisotopic (exact) mass is 293 g/mol. The maximum absolute atomic E-state index is 5.69. The van der Waals surface area contributed by atoms with E-state index in [-0.39, 0.29) is 5.54 Å². The summed E-state index contributed by atoms with van der Waals surface area (Å²) in [7, 11) is 0. The fraction of sp³-hybridized carbons (Fsp3) is 0.824. The molecular weight excluding hydrogens is 262 g/mol. The van der Waals surface area contributed by atoms with Gasteiger partial charge in [0, 0.05) is 25.2 Å². The molecule has 4 nitrogen and oxygen atoms in total. The number of oxazole rings is 1. The number of anilines is 1.